The van der Waals surface area contributed by atoms with Crippen molar-refractivity contribution in [3.63, 3.8) is 0 Å². The minimum Gasteiger partial charge on any atom is -0.383 e. The van der Waals surface area contributed by atoms with E-state index in [1.54, 1.807) is 32.2 Å². The van der Waals surface area contributed by atoms with Crippen molar-refractivity contribution in [3.05, 3.63) is 47.1 Å². The molecule has 2 rings (SSSR count). The van der Waals surface area contributed by atoms with Crippen LogP contribution < -0.4 is 10.0 Å². The maximum absolute atomic E-state index is 12.3. The monoisotopic (exact) mass is 355 g/mol. The van der Waals surface area contributed by atoms with Crippen molar-refractivity contribution in [1.82, 2.24) is 4.98 Å². The molecule has 8 heteroatoms. The molecule has 6 nitrogen and oxygen atoms in total. The molecular formula is C15H18ClN3O3S. The molecule has 0 unspecified atom stereocenters. The van der Waals surface area contributed by atoms with Crippen LogP contribution in [0, 0.1) is 6.92 Å². The highest BCUT2D eigenvalue weighted by Gasteiger charge is 2.15. The molecule has 0 spiro atoms. The van der Waals surface area contributed by atoms with Crippen LogP contribution in [0.25, 0.3) is 0 Å². The zero-order chi connectivity index (χ0) is 16.9. The smallest absolute Gasteiger partial charge is 0.261 e. The van der Waals surface area contributed by atoms with Crippen LogP contribution >= 0.6 is 11.6 Å². The largest absolute Gasteiger partial charge is 0.383 e. The van der Waals surface area contributed by atoms with Gasteiger partial charge in [0.05, 0.1) is 23.4 Å². The lowest BCUT2D eigenvalue weighted by Gasteiger charge is -2.10. The summed E-state index contributed by atoms with van der Waals surface area (Å²) in [6.45, 7) is 2.94. The fourth-order valence-corrected chi connectivity index (χ4v) is 3.08. The quantitative estimate of drug-likeness (QED) is 0.746. The van der Waals surface area contributed by atoms with Crippen LogP contribution in [0.1, 0.15) is 5.56 Å². The van der Waals surface area contributed by atoms with Gasteiger partial charge in [-0.3, -0.25) is 4.72 Å². The first-order valence-electron chi connectivity index (χ1n) is 6.90. The number of sulfonamides is 1. The van der Waals surface area contributed by atoms with E-state index < -0.39 is 10.0 Å². The zero-order valence-electron chi connectivity index (χ0n) is 12.8. The van der Waals surface area contributed by atoms with Gasteiger partial charge in [0.1, 0.15) is 5.82 Å². The van der Waals surface area contributed by atoms with E-state index in [9.17, 15) is 8.42 Å². The highest BCUT2D eigenvalue weighted by Crippen LogP contribution is 2.21. The summed E-state index contributed by atoms with van der Waals surface area (Å²) in [5, 5.41) is 3.58. The Hall–Kier alpha value is -1.83. The summed E-state index contributed by atoms with van der Waals surface area (Å²) in [6, 6.07) is 7.89. The molecule has 0 atom stereocenters. The van der Waals surface area contributed by atoms with E-state index in [2.05, 4.69) is 15.0 Å². The first kappa shape index (κ1) is 17.5. The van der Waals surface area contributed by atoms with Crippen LogP contribution in [0.15, 0.2) is 41.4 Å². The summed E-state index contributed by atoms with van der Waals surface area (Å²) >= 11 is 5.92. The van der Waals surface area contributed by atoms with Crippen molar-refractivity contribution in [2.45, 2.75) is 11.8 Å². The molecule has 0 aliphatic heterocycles. The SMILES string of the molecule is COCCNc1ccc(NS(=O)(=O)c2ccc(Cl)c(C)c2)cn1. The Labute approximate surface area is 140 Å². The van der Waals surface area contributed by atoms with E-state index in [-0.39, 0.29) is 4.90 Å². The summed E-state index contributed by atoms with van der Waals surface area (Å²) < 4.78 is 32.1. The highest BCUT2D eigenvalue weighted by atomic mass is 35.5. The standard InChI is InChI=1S/C15H18ClN3O3S/c1-11-9-13(4-5-14(11)16)23(20,21)19-12-3-6-15(18-10-12)17-7-8-22-2/h3-6,9-10,19H,7-8H2,1-2H3,(H,17,18). The highest BCUT2D eigenvalue weighted by molar-refractivity contribution is 7.92. The number of ether oxygens (including phenoxy) is 1. The van der Waals surface area contributed by atoms with Crippen LogP contribution in [0.2, 0.25) is 5.02 Å². The second-order valence-electron chi connectivity index (χ2n) is 4.87. The van der Waals surface area contributed by atoms with Gasteiger partial charge in [0, 0.05) is 18.7 Å². The van der Waals surface area contributed by atoms with Gasteiger partial charge in [-0.05, 0) is 42.8 Å². The van der Waals surface area contributed by atoms with Crippen molar-refractivity contribution < 1.29 is 13.2 Å². The van der Waals surface area contributed by atoms with Gasteiger partial charge in [-0.15, -0.1) is 0 Å². The normalized spacial score (nSPS) is 11.3. The van der Waals surface area contributed by atoms with E-state index in [4.69, 9.17) is 16.3 Å². The second kappa shape index (κ2) is 7.63. The van der Waals surface area contributed by atoms with Gasteiger partial charge in [-0.2, -0.15) is 0 Å². The lowest BCUT2D eigenvalue weighted by molar-refractivity contribution is 0.210. The van der Waals surface area contributed by atoms with Crippen molar-refractivity contribution in [3.8, 4) is 0 Å². The molecule has 2 aromatic rings. The van der Waals surface area contributed by atoms with Crippen molar-refractivity contribution in [1.29, 1.82) is 0 Å². The van der Waals surface area contributed by atoms with Crippen LogP contribution in [-0.2, 0) is 14.8 Å². The molecule has 0 radical (unpaired) electrons. The molecule has 2 N–H and O–H groups in total. The molecule has 0 saturated heterocycles. The molecule has 1 aromatic heterocycles. The number of halogens is 1. The minimum absolute atomic E-state index is 0.154. The number of benzene rings is 1. The first-order chi connectivity index (χ1) is 10.9. The lowest BCUT2D eigenvalue weighted by Crippen LogP contribution is -2.14. The number of aryl methyl sites for hydroxylation is 1. The molecule has 0 aliphatic carbocycles. The van der Waals surface area contributed by atoms with E-state index >= 15 is 0 Å². The third-order valence-electron chi connectivity index (χ3n) is 3.07. The number of anilines is 2. The van der Waals surface area contributed by atoms with Crippen molar-refractivity contribution >= 4 is 33.1 Å². The molecule has 0 saturated carbocycles. The fourth-order valence-electron chi connectivity index (χ4n) is 1.84. The second-order valence-corrected chi connectivity index (χ2v) is 6.96. The van der Waals surface area contributed by atoms with E-state index in [0.29, 0.717) is 35.2 Å². The fraction of sp³-hybridized carbons (Fsp3) is 0.267. The number of aromatic nitrogens is 1. The van der Waals surface area contributed by atoms with Crippen molar-refractivity contribution in [2.75, 3.05) is 30.3 Å². The topological polar surface area (TPSA) is 80.3 Å². The third-order valence-corrected chi connectivity index (χ3v) is 4.87. The summed E-state index contributed by atoms with van der Waals surface area (Å²) in [4.78, 5) is 4.30. The van der Waals surface area contributed by atoms with Crippen LogP contribution in [0.4, 0.5) is 11.5 Å². The number of nitrogens with zero attached hydrogens (tertiary/aromatic N) is 1. The number of hydrogen-bond acceptors (Lipinski definition) is 5. The van der Waals surface area contributed by atoms with Gasteiger partial charge >= 0.3 is 0 Å². The molecule has 0 bridgehead atoms. The van der Waals surface area contributed by atoms with Gasteiger partial charge in [-0.25, -0.2) is 13.4 Å². The van der Waals surface area contributed by atoms with Gasteiger partial charge in [-0.1, -0.05) is 11.6 Å². The minimum atomic E-state index is -3.68. The Balaban J connectivity index is 2.09. The van der Waals surface area contributed by atoms with E-state index in [0.717, 1.165) is 0 Å². The predicted octanol–water partition coefficient (Wildman–Crippen LogP) is 2.90. The summed E-state index contributed by atoms with van der Waals surface area (Å²) in [5.74, 6) is 0.646. The zero-order valence-corrected chi connectivity index (χ0v) is 14.4. The van der Waals surface area contributed by atoms with Crippen LogP contribution in [0.5, 0.6) is 0 Å². The number of hydrogen-bond donors (Lipinski definition) is 2. The molecule has 124 valence electrons. The summed E-state index contributed by atoms with van der Waals surface area (Å²) in [5.41, 5.74) is 1.08. The van der Waals surface area contributed by atoms with Gasteiger partial charge in [0.2, 0.25) is 0 Å². The first-order valence-corrected chi connectivity index (χ1v) is 8.76. The van der Waals surface area contributed by atoms with Gasteiger partial charge in [0.15, 0.2) is 0 Å². The molecule has 23 heavy (non-hydrogen) atoms. The van der Waals surface area contributed by atoms with Gasteiger partial charge < -0.3 is 10.1 Å². The molecule has 0 fully saturated rings. The Bertz CT molecular complexity index is 764. The third kappa shape index (κ3) is 4.82. The number of methoxy groups -OCH3 is 1. The Morgan fingerprint density at radius 3 is 2.65 bits per heavy atom. The molecule has 1 aromatic carbocycles. The average molecular weight is 356 g/mol. The molecule has 1 heterocycles. The maximum Gasteiger partial charge on any atom is 0.261 e. The summed E-state index contributed by atoms with van der Waals surface area (Å²) in [7, 11) is -2.06. The van der Waals surface area contributed by atoms with Crippen LogP contribution in [-0.4, -0.2) is 33.7 Å². The molecule has 0 amide bonds. The number of pyridine rings is 1. The summed E-state index contributed by atoms with van der Waals surface area (Å²) in [6.07, 6.45) is 1.45. The Morgan fingerprint density at radius 2 is 2.04 bits per heavy atom. The average Bonchev–Trinajstić information content (AvgIpc) is 2.51. The van der Waals surface area contributed by atoms with Crippen molar-refractivity contribution in [2.24, 2.45) is 0 Å². The maximum atomic E-state index is 12.3. The number of nitrogens with one attached hydrogen (secondary N) is 2. The predicted molar refractivity (Wildman–Crippen MR) is 91.6 cm³/mol. The molecular weight excluding hydrogens is 338 g/mol. The van der Waals surface area contributed by atoms with E-state index in [1.165, 1.54) is 18.3 Å². The Kier molecular flexibility index (Phi) is 5.81. The van der Waals surface area contributed by atoms with Crippen LogP contribution in [0.3, 0.4) is 0 Å². The lowest BCUT2D eigenvalue weighted by atomic mass is 10.2. The molecule has 0 aliphatic rings. The van der Waals surface area contributed by atoms with Gasteiger partial charge in [0.25, 0.3) is 10.0 Å². The number of rotatable bonds is 7. The van der Waals surface area contributed by atoms with E-state index in [1.807, 2.05) is 0 Å². The Morgan fingerprint density at radius 1 is 1.26 bits per heavy atom.